The number of carbonyl (C=O) groups excluding carboxylic acids is 1. The van der Waals surface area contributed by atoms with Crippen LogP contribution in [0.1, 0.15) is 18.1 Å². The zero-order chi connectivity index (χ0) is 15.9. The summed E-state index contributed by atoms with van der Waals surface area (Å²) < 4.78 is 10.3. The van der Waals surface area contributed by atoms with E-state index in [0.717, 1.165) is 11.1 Å². The van der Waals surface area contributed by atoms with E-state index in [0.29, 0.717) is 23.0 Å². The Balaban J connectivity index is 2.55. The molecule has 0 N–H and O–H groups in total. The highest BCUT2D eigenvalue weighted by Crippen LogP contribution is 2.31. The maximum absolute atomic E-state index is 11.9. The molecule has 0 aliphatic carbocycles. The van der Waals surface area contributed by atoms with Crippen molar-refractivity contribution in [3.05, 3.63) is 70.8 Å². The quantitative estimate of drug-likeness (QED) is 0.608. The third kappa shape index (κ3) is 3.89. The molecule has 2 aromatic carbocycles. The molecular formula is C18H17ClO3. The van der Waals surface area contributed by atoms with Gasteiger partial charge < -0.3 is 9.47 Å². The number of hydrogen-bond donors (Lipinski definition) is 0. The van der Waals surface area contributed by atoms with Crippen molar-refractivity contribution >= 4 is 23.1 Å². The summed E-state index contributed by atoms with van der Waals surface area (Å²) in [5.74, 6) is 0.305. The monoisotopic (exact) mass is 316 g/mol. The van der Waals surface area contributed by atoms with Gasteiger partial charge in [-0.3, -0.25) is 0 Å². The third-order valence-corrected chi connectivity index (χ3v) is 3.42. The Hall–Kier alpha value is -2.26. The molecule has 2 rings (SSSR count). The smallest absolute Gasteiger partial charge is 0.331 e. The van der Waals surface area contributed by atoms with Crippen LogP contribution in [0, 0.1) is 0 Å². The second-order valence-corrected chi connectivity index (χ2v) is 4.93. The van der Waals surface area contributed by atoms with Crippen molar-refractivity contribution in [2.75, 3.05) is 13.7 Å². The van der Waals surface area contributed by atoms with Gasteiger partial charge in [-0.05, 0) is 36.3 Å². The molecule has 2 aromatic rings. The molecule has 3 nitrogen and oxygen atoms in total. The predicted molar refractivity (Wildman–Crippen MR) is 88.2 cm³/mol. The molecule has 0 bridgehead atoms. The maximum atomic E-state index is 11.9. The molecule has 0 unspecified atom stereocenters. The second-order valence-electron chi connectivity index (χ2n) is 4.52. The number of halogens is 1. The Kier molecular flexibility index (Phi) is 5.61. The standard InChI is InChI=1S/C18H17ClO3/c1-3-22-18(20)12-16(15-9-4-5-10-17(15)19)13-7-6-8-14(11-13)21-2/h4-12H,3H2,1-2H3. The highest BCUT2D eigenvalue weighted by Gasteiger charge is 2.12. The summed E-state index contributed by atoms with van der Waals surface area (Å²) in [7, 11) is 1.60. The van der Waals surface area contributed by atoms with E-state index < -0.39 is 5.97 Å². The van der Waals surface area contributed by atoms with Crippen LogP contribution in [-0.4, -0.2) is 19.7 Å². The first-order valence-electron chi connectivity index (χ1n) is 6.93. The predicted octanol–water partition coefficient (Wildman–Crippen LogP) is 4.34. The number of ether oxygens (including phenoxy) is 2. The second kappa shape index (κ2) is 7.66. The van der Waals surface area contributed by atoms with Crippen LogP contribution in [0.25, 0.3) is 5.57 Å². The maximum Gasteiger partial charge on any atom is 0.331 e. The lowest BCUT2D eigenvalue weighted by atomic mass is 9.97. The van der Waals surface area contributed by atoms with Crippen LogP contribution in [-0.2, 0) is 9.53 Å². The van der Waals surface area contributed by atoms with Gasteiger partial charge in [-0.15, -0.1) is 0 Å². The van der Waals surface area contributed by atoms with Gasteiger partial charge in [0.2, 0.25) is 0 Å². The topological polar surface area (TPSA) is 35.5 Å². The van der Waals surface area contributed by atoms with E-state index in [1.165, 1.54) is 6.08 Å². The minimum absolute atomic E-state index is 0.323. The number of carbonyl (C=O) groups is 1. The average molecular weight is 317 g/mol. The first-order valence-corrected chi connectivity index (χ1v) is 7.31. The molecule has 0 fully saturated rings. The molecular weight excluding hydrogens is 300 g/mol. The fourth-order valence-corrected chi connectivity index (χ4v) is 2.33. The van der Waals surface area contributed by atoms with Crippen molar-refractivity contribution in [2.45, 2.75) is 6.92 Å². The summed E-state index contributed by atoms with van der Waals surface area (Å²) >= 11 is 6.28. The van der Waals surface area contributed by atoms with Gasteiger partial charge in [-0.2, -0.15) is 0 Å². The van der Waals surface area contributed by atoms with E-state index in [1.54, 1.807) is 20.1 Å². The van der Waals surface area contributed by atoms with E-state index in [1.807, 2.05) is 42.5 Å². The zero-order valence-corrected chi connectivity index (χ0v) is 13.3. The van der Waals surface area contributed by atoms with Crippen LogP contribution in [0.3, 0.4) is 0 Å². The van der Waals surface area contributed by atoms with E-state index in [9.17, 15) is 4.79 Å². The number of rotatable bonds is 5. The molecule has 114 valence electrons. The van der Waals surface area contributed by atoms with Crippen LogP contribution in [0.2, 0.25) is 5.02 Å². The van der Waals surface area contributed by atoms with Gasteiger partial charge >= 0.3 is 5.97 Å². The molecule has 0 radical (unpaired) electrons. The molecule has 0 aliphatic rings. The Morgan fingerprint density at radius 3 is 2.64 bits per heavy atom. The van der Waals surface area contributed by atoms with E-state index in [4.69, 9.17) is 21.1 Å². The molecule has 0 aliphatic heterocycles. The van der Waals surface area contributed by atoms with Crippen molar-refractivity contribution in [1.82, 2.24) is 0 Å². The normalized spacial score (nSPS) is 11.1. The molecule has 0 spiro atoms. The lowest BCUT2D eigenvalue weighted by Gasteiger charge is -2.11. The molecule has 0 amide bonds. The van der Waals surface area contributed by atoms with Crippen LogP contribution < -0.4 is 4.74 Å². The average Bonchev–Trinajstić information content (AvgIpc) is 2.54. The van der Waals surface area contributed by atoms with Gasteiger partial charge in [-0.1, -0.05) is 41.9 Å². The van der Waals surface area contributed by atoms with Gasteiger partial charge in [0, 0.05) is 16.7 Å². The summed E-state index contributed by atoms with van der Waals surface area (Å²) in [6.45, 7) is 2.09. The van der Waals surface area contributed by atoms with Crippen LogP contribution in [0.4, 0.5) is 0 Å². The van der Waals surface area contributed by atoms with Crippen LogP contribution in [0.15, 0.2) is 54.6 Å². The van der Waals surface area contributed by atoms with Gasteiger partial charge in [0.15, 0.2) is 0 Å². The van der Waals surface area contributed by atoms with Gasteiger partial charge in [-0.25, -0.2) is 4.79 Å². The molecule has 0 saturated heterocycles. The summed E-state index contributed by atoms with van der Waals surface area (Å²) in [5.41, 5.74) is 2.30. The minimum Gasteiger partial charge on any atom is -0.497 e. The van der Waals surface area contributed by atoms with Gasteiger partial charge in [0.1, 0.15) is 5.75 Å². The number of methoxy groups -OCH3 is 1. The number of esters is 1. The van der Waals surface area contributed by atoms with Crippen molar-refractivity contribution in [3.8, 4) is 5.75 Å². The molecule has 0 atom stereocenters. The first kappa shape index (κ1) is 16.1. The summed E-state index contributed by atoms with van der Waals surface area (Å²) in [4.78, 5) is 11.9. The van der Waals surface area contributed by atoms with E-state index in [-0.39, 0.29) is 0 Å². The Morgan fingerprint density at radius 1 is 1.18 bits per heavy atom. The Labute approximate surface area is 135 Å². The Bertz CT molecular complexity index is 692. The fraction of sp³-hybridized carbons (Fsp3) is 0.167. The van der Waals surface area contributed by atoms with Crippen molar-refractivity contribution in [3.63, 3.8) is 0 Å². The number of benzene rings is 2. The summed E-state index contributed by atoms with van der Waals surface area (Å²) in [5, 5.41) is 0.570. The fourth-order valence-electron chi connectivity index (χ4n) is 2.09. The highest BCUT2D eigenvalue weighted by atomic mass is 35.5. The summed E-state index contributed by atoms with van der Waals surface area (Å²) in [6, 6.07) is 14.8. The van der Waals surface area contributed by atoms with Gasteiger partial charge in [0.05, 0.1) is 13.7 Å². The van der Waals surface area contributed by atoms with E-state index >= 15 is 0 Å². The van der Waals surface area contributed by atoms with Crippen molar-refractivity contribution < 1.29 is 14.3 Å². The molecule has 22 heavy (non-hydrogen) atoms. The van der Waals surface area contributed by atoms with Crippen molar-refractivity contribution in [2.24, 2.45) is 0 Å². The largest absolute Gasteiger partial charge is 0.497 e. The van der Waals surface area contributed by atoms with Crippen LogP contribution in [0.5, 0.6) is 5.75 Å². The van der Waals surface area contributed by atoms with Crippen molar-refractivity contribution in [1.29, 1.82) is 0 Å². The molecule has 0 saturated carbocycles. The lowest BCUT2D eigenvalue weighted by Crippen LogP contribution is -2.02. The van der Waals surface area contributed by atoms with Gasteiger partial charge in [0.25, 0.3) is 0 Å². The number of hydrogen-bond acceptors (Lipinski definition) is 3. The van der Waals surface area contributed by atoms with Crippen LogP contribution >= 0.6 is 11.6 Å². The molecule has 0 heterocycles. The Morgan fingerprint density at radius 2 is 1.95 bits per heavy atom. The summed E-state index contributed by atoms with van der Waals surface area (Å²) in [6.07, 6.45) is 1.46. The lowest BCUT2D eigenvalue weighted by molar-refractivity contribution is -0.137. The molecule has 0 aromatic heterocycles. The molecule has 4 heteroatoms. The zero-order valence-electron chi connectivity index (χ0n) is 12.5. The first-order chi connectivity index (χ1) is 10.7. The highest BCUT2D eigenvalue weighted by molar-refractivity contribution is 6.32. The SMILES string of the molecule is CCOC(=O)C=C(c1cccc(OC)c1)c1ccccc1Cl. The third-order valence-electron chi connectivity index (χ3n) is 3.09. The minimum atomic E-state index is -0.403. The van der Waals surface area contributed by atoms with E-state index in [2.05, 4.69) is 0 Å².